The van der Waals surface area contributed by atoms with Crippen LogP contribution in [0.15, 0.2) is 47.0 Å². The fraction of sp³-hybridized carbons (Fsp3) is 0.444. The van der Waals surface area contributed by atoms with Crippen LogP contribution in [-0.2, 0) is 0 Å². The van der Waals surface area contributed by atoms with Crippen molar-refractivity contribution in [2.24, 2.45) is 0 Å². The summed E-state index contributed by atoms with van der Waals surface area (Å²) in [7, 11) is 0. The Balaban J connectivity index is 1.17. The first-order chi connectivity index (χ1) is 16.6. The lowest BCUT2D eigenvalue weighted by Crippen LogP contribution is -2.50. The number of aromatic nitrogens is 2. The van der Waals surface area contributed by atoms with Crippen LogP contribution in [0.4, 0.5) is 16.2 Å². The smallest absolute Gasteiger partial charge is 0.321 e. The van der Waals surface area contributed by atoms with Crippen LogP contribution in [0.2, 0.25) is 0 Å². The fourth-order valence-electron chi connectivity index (χ4n) is 4.92. The number of urea groups is 1. The van der Waals surface area contributed by atoms with Crippen molar-refractivity contribution in [3.63, 3.8) is 0 Å². The summed E-state index contributed by atoms with van der Waals surface area (Å²) in [5.41, 5.74) is 5.22. The average Bonchev–Trinajstić information content (AvgIpc) is 3.37. The van der Waals surface area contributed by atoms with Crippen LogP contribution in [0.1, 0.15) is 55.0 Å². The SMILES string of the molecule is Cc1ccc(C)c(NC(=O)N2CCN(c3ccc(-c4noc(C5CCCCC5)n4)cc3)CC2)c1. The zero-order valence-corrected chi connectivity index (χ0v) is 20.1. The van der Waals surface area contributed by atoms with E-state index in [-0.39, 0.29) is 6.03 Å². The fourth-order valence-corrected chi connectivity index (χ4v) is 4.92. The highest BCUT2D eigenvalue weighted by Crippen LogP contribution is 2.33. The normalized spacial score (nSPS) is 17.1. The van der Waals surface area contributed by atoms with Gasteiger partial charge in [0.15, 0.2) is 0 Å². The number of hydrogen-bond donors (Lipinski definition) is 1. The Bertz CT molecular complexity index is 1130. The summed E-state index contributed by atoms with van der Waals surface area (Å²) < 4.78 is 5.58. The van der Waals surface area contributed by atoms with Gasteiger partial charge in [-0.2, -0.15) is 4.98 Å². The Morgan fingerprint density at radius 3 is 2.44 bits per heavy atom. The van der Waals surface area contributed by atoms with Gasteiger partial charge in [-0.15, -0.1) is 0 Å². The maximum Gasteiger partial charge on any atom is 0.321 e. The van der Waals surface area contributed by atoms with Gasteiger partial charge in [-0.05, 0) is 68.1 Å². The number of hydrogen-bond acceptors (Lipinski definition) is 5. The Labute approximate surface area is 201 Å². The molecule has 1 aromatic heterocycles. The first-order valence-electron chi connectivity index (χ1n) is 12.4. The maximum absolute atomic E-state index is 12.8. The van der Waals surface area contributed by atoms with Gasteiger partial charge in [0, 0.05) is 49.0 Å². The van der Waals surface area contributed by atoms with E-state index in [0.717, 1.165) is 59.9 Å². The molecule has 7 heteroatoms. The molecule has 0 atom stereocenters. The summed E-state index contributed by atoms with van der Waals surface area (Å²) in [6, 6.07) is 14.4. The predicted octanol–water partition coefficient (Wildman–Crippen LogP) is 5.76. The molecule has 1 saturated heterocycles. The second-order valence-electron chi connectivity index (χ2n) is 9.56. The highest BCUT2D eigenvalue weighted by molar-refractivity contribution is 5.90. The van der Waals surface area contributed by atoms with Crippen LogP contribution in [0, 0.1) is 13.8 Å². The third-order valence-electron chi connectivity index (χ3n) is 7.09. The van der Waals surface area contributed by atoms with Crippen molar-refractivity contribution in [2.45, 2.75) is 51.9 Å². The largest absolute Gasteiger partial charge is 0.368 e. The number of nitrogens with zero attached hydrogens (tertiary/aromatic N) is 4. The molecule has 3 aromatic rings. The summed E-state index contributed by atoms with van der Waals surface area (Å²) in [5, 5.41) is 7.30. The van der Waals surface area contributed by atoms with Crippen molar-refractivity contribution < 1.29 is 9.32 Å². The van der Waals surface area contributed by atoms with Crippen molar-refractivity contribution in [1.82, 2.24) is 15.0 Å². The Morgan fingerprint density at radius 1 is 0.971 bits per heavy atom. The van der Waals surface area contributed by atoms with Gasteiger partial charge in [-0.25, -0.2) is 4.79 Å². The zero-order chi connectivity index (χ0) is 23.5. The van der Waals surface area contributed by atoms with Crippen molar-refractivity contribution in [2.75, 3.05) is 36.4 Å². The molecule has 0 spiro atoms. The molecular formula is C27H33N5O2. The van der Waals surface area contributed by atoms with Gasteiger partial charge in [-0.1, -0.05) is 36.6 Å². The average molecular weight is 460 g/mol. The van der Waals surface area contributed by atoms with E-state index in [1.165, 1.54) is 19.3 Å². The molecule has 5 rings (SSSR count). The minimum absolute atomic E-state index is 0.0328. The number of amides is 2. The van der Waals surface area contributed by atoms with E-state index >= 15 is 0 Å². The minimum atomic E-state index is -0.0328. The van der Waals surface area contributed by atoms with Crippen molar-refractivity contribution >= 4 is 17.4 Å². The molecule has 34 heavy (non-hydrogen) atoms. The molecule has 1 aliphatic heterocycles. The number of anilines is 2. The lowest BCUT2D eigenvalue weighted by Gasteiger charge is -2.36. The van der Waals surface area contributed by atoms with Gasteiger partial charge < -0.3 is 19.6 Å². The second kappa shape index (κ2) is 9.87. The Hall–Kier alpha value is -3.35. The van der Waals surface area contributed by atoms with Crippen LogP contribution in [0.5, 0.6) is 0 Å². The van der Waals surface area contributed by atoms with E-state index in [1.54, 1.807) is 0 Å². The van der Waals surface area contributed by atoms with E-state index in [1.807, 2.05) is 30.9 Å². The summed E-state index contributed by atoms with van der Waals surface area (Å²) >= 11 is 0. The van der Waals surface area contributed by atoms with Gasteiger partial charge >= 0.3 is 6.03 Å². The van der Waals surface area contributed by atoms with Gasteiger partial charge in [0.1, 0.15) is 0 Å². The van der Waals surface area contributed by atoms with Crippen molar-refractivity contribution in [3.8, 4) is 11.4 Å². The van der Waals surface area contributed by atoms with Crippen LogP contribution < -0.4 is 10.2 Å². The Morgan fingerprint density at radius 2 is 1.71 bits per heavy atom. The molecule has 2 aromatic carbocycles. The maximum atomic E-state index is 12.8. The van der Waals surface area contributed by atoms with E-state index in [0.29, 0.717) is 24.8 Å². The van der Waals surface area contributed by atoms with E-state index in [2.05, 4.69) is 50.7 Å². The van der Waals surface area contributed by atoms with Gasteiger partial charge in [0.25, 0.3) is 0 Å². The summed E-state index contributed by atoms with van der Waals surface area (Å²) in [5.74, 6) is 1.87. The van der Waals surface area contributed by atoms with Gasteiger partial charge in [0.2, 0.25) is 11.7 Å². The molecule has 2 amide bonds. The molecule has 0 unspecified atom stereocenters. The quantitative estimate of drug-likeness (QED) is 0.537. The minimum Gasteiger partial charge on any atom is -0.368 e. The topological polar surface area (TPSA) is 74.5 Å². The predicted molar refractivity (Wildman–Crippen MR) is 134 cm³/mol. The van der Waals surface area contributed by atoms with Crippen LogP contribution in [0.25, 0.3) is 11.4 Å². The van der Waals surface area contributed by atoms with Crippen LogP contribution >= 0.6 is 0 Å². The molecule has 1 N–H and O–H groups in total. The summed E-state index contributed by atoms with van der Waals surface area (Å²) in [6.07, 6.45) is 6.10. The number of carbonyl (C=O) groups is 1. The highest BCUT2D eigenvalue weighted by atomic mass is 16.5. The first-order valence-corrected chi connectivity index (χ1v) is 12.4. The number of benzene rings is 2. The molecule has 0 bridgehead atoms. The molecule has 178 valence electrons. The van der Waals surface area contributed by atoms with Crippen LogP contribution in [-0.4, -0.2) is 47.3 Å². The number of nitrogens with one attached hydrogen (secondary N) is 1. The lowest BCUT2D eigenvalue weighted by atomic mass is 9.89. The third kappa shape index (κ3) is 4.93. The standard InChI is InChI=1S/C27H33N5O2/c1-19-8-9-20(2)24(18-19)28-27(33)32-16-14-31(15-17-32)23-12-10-21(11-13-23)25-29-26(34-30-25)22-6-4-3-5-7-22/h8-13,18,22H,3-7,14-17H2,1-2H3,(H,28,33). The summed E-state index contributed by atoms with van der Waals surface area (Å²) in [4.78, 5) is 21.6. The molecule has 0 radical (unpaired) electrons. The summed E-state index contributed by atoms with van der Waals surface area (Å²) in [6.45, 7) is 7.03. The van der Waals surface area contributed by atoms with Gasteiger partial charge in [-0.3, -0.25) is 0 Å². The van der Waals surface area contributed by atoms with E-state index in [9.17, 15) is 4.79 Å². The number of piperazine rings is 1. The monoisotopic (exact) mass is 459 g/mol. The number of rotatable bonds is 4. The Kier molecular flexibility index (Phi) is 6.52. The zero-order valence-electron chi connectivity index (χ0n) is 20.1. The second-order valence-corrected chi connectivity index (χ2v) is 9.56. The number of carbonyl (C=O) groups excluding carboxylic acids is 1. The molecule has 2 aliphatic rings. The van der Waals surface area contributed by atoms with Gasteiger partial charge in [0.05, 0.1) is 0 Å². The third-order valence-corrected chi connectivity index (χ3v) is 7.09. The molecule has 7 nitrogen and oxygen atoms in total. The van der Waals surface area contributed by atoms with Crippen molar-refractivity contribution in [1.29, 1.82) is 0 Å². The molecule has 1 aliphatic carbocycles. The number of aryl methyl sites for hydroxylation is 2. The molecular weight excluding hydrogens is 426 g/mol. The van der Waals surface area contributed by atoms with Crippen LogP contribution in [0.3, 0.4) is 0 Å². The molecule has 2 fully saturated rings. The molecule has 1 saturated carbocycles. The van der Waals surface area contributed by atoms with E-state index < -0.39 is 0 Å². The van der Waals surface area contributed by atoms with Crippen molar-refractivity contribution in [3.05, 3.63) is 59.5 Å². The lowest BCUT2D eigenvalue weighted by molar-refractivity contribution is 0.208. The molecule has 2 heterocycles. The highest BCUT2D eigenvalue weighted by Gasteiger charge is 2.23. The first kappa shape index (κ1) is 22.4. The van der Waals surface area contributed by atoms with E-state index in [4.69, 9.17) is 4.52 Å².